The molecule has 0 aromatic carbocycles. The van der Waals surface area contributed by atoms with Gasteiger partial charge in [-0.3, -0.25) is 4.68 Å². The quantitative estimate of drug-likeness (QED) is 0.746. The van der Waals surface area contributed by atoms with Gasteiger partial charge in [0.2, 0.25) is 0 Å². The smallest absolute Gasteiger partial charge is 0.0624 e. The summed E-state index contributed by atoms with van der Waals surface area (Å²) in [5.41, 5.74) is 2.49. The highest BCUT2D eigenvalue weighted by Crippen LogP contribution is 2.12. The van der Waals surface area contributed by atoms with Gasteiger partial charge in [0.15, 0.2) is 0 Å². The average molecular weight is 267 g/mol. The second-order valence-electron chi connectivity index (χ2n) is 5.19. The third kappa shape index (κ3) is 5.33. The largest absolute Gasteiger partial charge is 0.382 e. The van der Waals surface area contributed by atoms with Gasteiger partial charge in [-0.25, -0.2) is 0 Å². The van der Waals surface area contributed by atoms with Gasteiger partial charge in [0, 0.05) is 32.3 Å². The molecule has 0 radical (unpaired) electrons. The van der Waals surface area contributed by atoms with E-state index in [9.17, 15) is 0 Å². The second-order valence-corrected chi connectivity index (χ2v) is 5.19. The summed E-state index contributed by atoms with van der Waals surface area (Å²) in [6.07, 6.45) is 4.59. The Labute approximate surface area is 117 Å². The minimum Gasteiger partial charge on any atom is -0.382 e. The van der Waals surface area contributed by atoms with E-state index < -0.39 is 0 Å². The van der Waals surface area contributed by atoms with Crippen molar-refractivity contribution in [3.8, 4) is 0 Å². The van der Waals surface area contributed by atoms with Gasteiger partial charge in [0.1, 0.15) is 0 Å². The van der Waals surface area contributed by atoms with Crippen LogP contribution < -0.4 is 5.32 Å². The van der Waals surface area contributed by atoms with E-state index >= 15 is 0 Å². The number of aryl methyl sites for hydroxylation is 2. The molecule has 4 nitrogen and oxygen atoms in total. The van der Waals surface area contributed by atoms with Crippen LogP contribution in [-0.4, -0.2) is 35.6 Å². The molecule has 4 heteroatoms. The highest BCUT2D eigenvalue weighted by molar-refractivity contribution is 5.11. The summed E-state index contributed by atoms with van der Waals surface area (Å²) < 4.78 is 7.35. The van der Waals surface area contributed by atoms with E-state index in [-0.39, 0.29) is 0 Å². The molecule has 0 amide bonds. The maximum absolute atomic E-state index is 5.33. The second kappa shape index (κ2) is 8.33. The molecular weight excluding hydrogens is 238 g/mol. The summed E-state index contributed by atoms with van der Waals surface area (Å²) in [6.45, 7) is 7.44. The van der Waals surface area contributed by atoms with E-state index in [2.05, 4.69) is 37.3 Å². The minimum atomic E-state index is 0.332. The molecule has 0 aliphatic heterocycles. The highest BCUT2D eigenvalue weighted by atomic mass is 16.5. The summed E-state index contributed by atoms with van der Waals surface area (Å²) in [6, 6.07) is 2.73. The number of hydrogen-bond acceptors (Lipinski definition) is 3. The van der Waals surface area contributed by atoms with Crippen molar-refractivity contribution in [1.29, 1.82) is 0 Å². The monoisotopic (exact) mass is 267 g/mol. The Morgan fingerprint density at radius 1 is 1.37 bits per heavy atom. The Bertz CT molecular complexity index is 362. The first kappa shape index (κ1) is 16.2. The molecule has 0 saturated carbocycles. The van der Waals surface area contributed by atoms with Crippen molar-refractivity contribution in [2.75, 3.05) is 13.7 Å². The number of rotatable bonds is 9. The molecule has 0 aliphatic rings. The van der Waals surface area contributed by atoms with Gasteiger partial charge in [-0.15, -0.1) is 0 Å². The standard InChI is InChI=1S/C15H29N3O/c1-6-13-10-15(18(4)17-13)11-14(16-7-2)9-8-12(3)19-5/h10,12,14,16H,6-9,11H2,1-5H3. The summed E-state index contributed by atoms with van der Waals surface area (Å²) >= 11 is 0. The van der Waals surface area contributed by atoms with Crippen molar-refractivity contribution >= 4 is 0 Å². The Balaban J connectivity index is 2.58. The normalized spacial score (nSPS) is 14.6. The van der Waals surface area contributed by atoms with Crippen LogP contribution in [0.25, 0.3) is 0 Å². The van der Waals surface area contributed by atoms with Gasteiger partial charge in [0.05, 0.1) is 11.8 Å². The summed E-state index contributed by atoms with van der Waals surface area (Å²) in [5.74, 6) is 0. The van der Waals surface area contributed by atoms with Crippen LogP contribution in [-0.2, 0) is 24.6 Å². The molecule has 0 saturated heterocycles. The van der Waals surface area contributed by atoms with Gasteiger partial charge >= 0.3 is 0 Å². The van der Waals surface area contributed by atoms with Crippen molar-refractivity contribution in [3.05, 3.63) is 17.5 Å². The summed E-state index contributed by atoms with van der Waals surface area (Å²) in [5, 5.41) is 8.09. The van der Waals surface area contributed by atoms with E-state index in [4.69, 9.17) is 4.74 Å². The first-order chi connectivity index (χ1) is 9.10. The number of methoxy groups -OCH3 is 1. The number of aromatic nitrogens is 2. The van der Waals surface area contributed by atoms with Crippen LogP contribution in [0.5, 0.6) is 0 Å². The molecule has 2 unspecified atom stereocenters. The molecule has 0 bridgehead atoms. The third-order valence-corrected chi connectivity index (χ3v) is 3.66. The SMILES string of the molecule is CCNC(CCC(C)OC)Cc1cc(CC)nn1C. The van der Waals surface area contributed by atoms with Crippen LogP contribution in [0.2, 0.25) is 0 Å². The molecule has 0 spiro atoms. The fraction of sp³-hybridized carbons (Fsp3) is 0.800. The van der Waals surface area contributed by atoms with Crippen molar-refractivity contribution in [1.82, 2.24) is 15.1 Å². The molecule has 1 N–H and O–H groups in total. The van der Waals surface area contributed by atoms with E-state index in [0.29, 0.717) is 12.1 Å². The zero-order valence-electron chi connectivity index (χ0n) is 13.1. The Kier molecular flexibility index (Phi) is 7.10. The average Bonchev–Trinajstić information content (AvgIpc) is 2.76. The number of likely N-dealkylation sites (N-methyl/N-ethyl adjacent to an activating group) is 1. The zero-order chi connectivity index (χ0) is 14.3. The molecule has 1 aromatic rings. The molecule has 1 rings (SSSR count). The molecule has 1 heterocycles. The Morgan fingerprint density at radius 3 is 2.63 bits per heavy atom. The number of ether oxygens (including phenoxy) is 1. The predicted octanol–water partition coefficient (Wildman–Crippen LogP) is 2.32. The number of nitrogens with zero attached hydrogens (tertiary/aromatic N) is 2. The Hall–Kier alpha value is -0.870. The minimum absolute atomic E-state index is 0.332. The fourth-order valence-corrected chi connectivity index (χ4v) is 2.31. The Morgan fingerprint density at radius 2 is 2.11 bits per heavy atom. The van der Waals surface area contributed by atoms with E-state index in [0.717, 1.165) is 32.2 Å². The molecule has 0 aliphatic carbocycles. The molecule has 19 heavy (non-hydrogen) atoms. The summed E-state index contributed by atoms with van der Waals surface area (Å²) in [7, 11) is 3.82. The molecule has 110 valence electrons. The zero-order valence-corrected chi connectivity index (χ0v) is 13.1. The van der Waals surface area contributed by atoms with E-state index in [1.807, 2.05) is 11.7 Å². The van der Waals surface area contributed by atoms with Gasteiger partial charge in [-0.1, -0.05) is 13.8 Å². The maximum atomic E-state index is 5.33. The van der Waals surface area contributed by atoms with Gasteiger partial charge in [-0.05, 0) is 38.8 Å². The molecular formula is C15H29N3O. The van der Waals surface area contributed by atoms with Crippen molar-refractivity contribution in [2.24, 2.45) is 7.05 Å². The fourth-order valence-electron chi connectivity index (χ4n) is 2.31. The number of nitrogens with one attached hydrogen (secondary N) is 1. The maximum Gasteiger partial charge on any atom is 0.0624 e. The molecule has 1 aromatic heterocycles. The van der Waals surface area contributed by atoms with Crippen molar-refractivity contribution in [2.45, 2.75) is 58.6 Å². The van der Waals surface area contributed by atoms with Crippen molar-refractivity contribution < 1.29 is 4.74 Å². The lowest BCUT2D eigenvalue weighted by molar-refractivity contribution is 0.106. The topological polar surface area (TPSA) is 39.1 Å². The molecule has 2 atom stereocenters. The molecule has 0 fully saturated rings. The van der Waals surface area contributed by atoms with Gasteiger partial charge < -0.3 is 10.1 Å². The number of hydrogen-bond donors (Lipinski definition) is 1. The van der Waals surface area contributed by atoms with Crippen LogP contribution >= 0.6 is 0 Å². The van der Waals surface area contributed by atoms with Crippen LogP contribution in [0.4, 0.5) is 0 Å². The van der Waals surface area contributed by atoms with Crippen molar-refractivity contribution in [3.63, 3.8) is 0 Å². The van der Waals surface area contributed by atoms with Crippen LogP contribution in [0, 0.1) is 0 Å². The lowest BCUT2D eigenvalue weighted by Gasteiger charge is -2.19. The first-order valence-electron chi connectivity index (χ1n) is 7.38. The van der Waals surface area contributed by atoms with Crippen LogP contribution in [0.15, 0.2) is 6.07 Å². The lowest BCUT2D eigenvalue weighted by atomic mass is 10.0. The van der Waals surface area contributed by atoms with Gasteiger partial charge in [0.25, 0.3) is 0 Å². The third-order valence-electron chi connectivity index (χ3n) is 3.66. The highest BCUT2D eigenvalue weighted by Gasteiger charge is 2.13. The summed E-state index contributed by atoms with van der Waals surface area (Å²) in [4.78, 5) is 0. The first-order valence-corrected chi connectivity index (χ1v) is 7.38. The predicted molar refractivity (Wildman–Crippen MR) is 79.5 cm³/mol. The van der Waals surface area contributed by atoms with E-state index in [1.54, 1.807) is 7.11 Å². The van der Waals surface area contributed by atoms with Crippen LogP contribution in [0.1, 0.15) is 45.0 Å². The van der Waals surface area contributed by atoms with Gasteiger partial charge in [-0.2, -0.15) is 5.10 Å². The van der Waals surface area contributed by atoms with Crippen LogP contribution in [0.3, 0.4) is 0 Å². The lowest BCUT2D eigenvalue weighted by Crippen LogP contribution is -2.32. The van der Waals surface area contributed by atoms with E-state index in [1.165, 1.54) is 11.4 Å².